The van der Waals surface area contributed by atoms with Crippen molar-refractivity contribution in [2.24, 2.45) is 0 Å². The molecule has 0 atom stereocenters. The number of ether oxygens (including phenoxy) is 4. The van der Waals surface area contributed by atoms with Crippen LogP contribution < -0.4 is 21.3 Å². The molecular weight excluding hydrogens is 582 g/mol. The average molecular weight is 618 g/mol. The van der Waals surface area contributed by atoms with E-state index >= 15 is 0 Å². The monoisotopic (exact) mass is 617 g/mol. The average Bonchev–Trinajstić information content (AvgIpc) is 3.45. The largest absolute Gasteiger partial charge is 0.464 e. The van der Waals surface area contributed by atoms with Crippen LogP contribution in [0.5, 0.6) is 0 Å². The van der Waals surface area contributed by atoms with E-state index in [2.05, 4.69) is 44.1 Å². The number of esters is 1. The van der Waals surface area contributed by atoms with Crippen molar-refractivity contribution in [1.82, 2.24) is 26.3 Å². The van der Waals surface area contributed by atoms with E-state index < -0.39 is 35.6 Å². The van der Waals surface area contributed by atoms with E-state index in [1.807, 2.05) is 0 Å². The van der Waals surface area contributed by atoms with Crippen molar-refractivity contribution in [2.75, 3.05) is 33.5 Å². The van der Waals surface area contributed by atoms with Crippen LogP contribution in [0.2, 0.25) is 0 Å². The first-order valence-electron chi connectivity index (χ1n) is 12.9. The summed E-state index contributed by atoms with van der Waals surface area (Å²) in [5.74, 6) is -2.32. The van der Waals surface area contributed by atoms with Crippen molar-refractivity contribution < 1.29 is 42.9 Å². The lowest BCUT2D eigenvalue weighted by molar-refractivity contribution is -0.137. The Bertz CT molecular complexity index is 1330. The molecule has 2 aromatic rings. The Labute approximate surface area is 252 Å². The van der Waals surface area contributed by atoms with E-state index in [0.717, 1.165) is 18.2 Å². The van der Waals surface area contributed by atoms with Crippen molar-refractivity contribution in [1.29, 1.82) is 0 Å². The van der Waals surface area contributed by atoms with Gasteiger partial charge in [-0.15, -0.1) is 11.3 Å². The standard InChI is InChI=1S/C28H35N5O9S/c1-17(22(34)32-18(2)25(36)39-6)31-23(35)21-16-43-24(33-21)20-9-7-19(8-10-20)15-30-26(37)41-14-13-40-12-11-29-27(38)42-28(3,4)5/h7-10,16H,1-2,11-15H2,3-6H3,(H,29,38)(H,30,37)(H,31,35)(H,32,34). The highest BCUT2D eigenvalue weighted by atomic mass is 32.1. The van der Waals surface area contributed by atoms with Crippen LogP contribution in [0, 0.1) is 0 Å². The first-order chi connectivity index (χ1) is 20.3. The molecule has 4 N–H and O–H groups in total. The van der Waals surface area contributed by atoms with E-state index in [9.17, 15) is 24.0 Å². The van der Waals surface area contributed by atoms with Crippen LogP contribution >= 0.6 is 11.3 Å². The molecular formula is C28H35N5O9S. The van der Waals surface area contributed by atoms with Crippen LogP contribution in [0.4, 0.5) is 9.59 Å². The van der Waals surface area contributed by atoms with Gasteiger partial charge in [-0.3, -0.25) is 9.59 Å². The topological polar surface area (TPSA) is 183 Å². The van der Waals surface area contributed by atoms with Gasteiger partial charge in [0.05, 0.1) is 26.0 Å². The van der Waals surface area contributed by atoms with Gasteiger partial charge < -0.3 is 40.2 Å². The predicted molar refractivity (Wildman–Crippen MR) is 157 cm³/mol. The smallest absolute Gasteiger partial charge is 0.407 e. The van der Waals surface area contributed by atoms with Crippen LogP contribution in [0.25, 0.3) is 10.6 Å². The second-order valence-corrected chi connectivity index (χ2v) is 10.5. The molecule has 0 bridgehead atoms. The fraction of sp³-hybridized carbons (Fsp3) is 0.357. The molecule has 0 unspecified atom stereocenters. The number of thiazole rings is 1. The Balaban J connectivity index is 1.70. The molecule has 0 aliphatic heterocycles. The van der Waals surface area contributed by atoms with E-state index in [4.69, 9.17) is 14.2 Å². The molecule has 0 aliphatic rings. The molecule has 0 saturated carbocycles. The van der Waals surface area contributed by atoms with E-state index in [-0.39, 0.29) is 50.0 Å². The third-order valence-corrected chi connectivity index (χ3v) is 5.88. The minimum Gasteiger partial charge on any atom is -0.464 e. The van der Waals surface area contributed by atoms with Gasteiger partial charge in [-0.25, -0.2) is 19.4 Å². The lowest BCUT2D eigenvalue weighted by Gasteiger charge is -2.19. The van der Waals surface area contributed by atoms with Crippen LogP contribution in [-0.2, 0) is 35.1 Å². The molecule has 1 heterocycles. The normalized spacial score (nSPS) is 10.6. The molecule has 1 aromatic heterocycles. The summed E-state index contributed by atoms with van der Waals surface area (Å²) in [5, 5.41) is 11.8. The number of benzene rings is 1. The lowest BCUT2D eigenvalue weighted by atomic mass is 10.1. The summed E-state index contributed by atoms with van der Waals surface area (Å²) >= 11 is 1.22. The third kappa shape index (κ3) is 12.7. The Morgan fingerprint density at radius 1 is 0.907 bits per heavy atom. The number of hydrogen-bond donors (Lipinski definition) is 4. The van der Waals surface area contributed by atoms with E-state index in [0.29, 0.717) is 5.01 Å². The van der Waals surface area contributed by atoms with Crippen molar-refractivity contribution in [2.45, 2.75) is 32.9 Å². The van der Waals surface area contributed by atoms with Gasteiger partial charge in [0.2, 0.25) is 0 Å². The maximum absolute atomic E-state index is 12.5. The zero-order valence-electron chi connectivity index (χ0n) is 24.4. The van der Waals surface area contributed by atoms with Gasteiger partial charge in [0.15, 0.2) is 0 Å². The molecule has 15 heteroatoms. The Kier molecular flexibility index (Phi) is 13.3. The molecule has 2 rings (SSSR count). The zero-order valence-corrected chi connectivity index (χ0v) is 25.2. The Morgan fingerprint density at radius 3 is 2.26 bits per heavy atom. The SMILES string of the molecule is C=C(NC(=O)c1csc(-c2ccc(CNC(=O)OCCOCCNC(=O)OC(C)(C)C)cc2)n1)C(=O)NC(=C)C(=O)OC. The van der Waals surface area contributed by atoms with Gasteiger partial charge in [0.1, 0.15) is 28.6 Å². The Morgan fingerprint density at radius 2 is 1.60 bits per heavy atom. The second-order valence-electron chi connectivity index (χ2n) is 9.62. The molecule has 0 radical (unpaired) electrons. The second kappa shape index (κ2) is 16.6. The van der Waals surface area contributed by atoms with Crippen LogP contribution in [0.15, 0.2) is 54.2 Å². The highest BCUT2D eigenvalue weighted by molar-refractivity contribution is 7.13. The molecule has 0 spiro atoms. The molecule has 1 aromatic carbocycles. The number of amides is 4. The minimum absolute atomic E-state index is 0.0397. The van der Waals surface area contributed by atoms with Gasteiger partial charge in [0, 0.05) is 24.0 Å². The van der Waals surface area contributed by atoms with E-state index in [1.54, 1.807) is 45.0 Å². The quantitative estimate of drug-likeness (QED) is 0.106. The number of hydrogen-bond acceptors (Lipinski definition) is 11. The number of carbonyl (C=O) groups excluding carboxylic acids is 5. The van der Waals surface area contributed by atoms with Crippen molar-refractivity contribution in [3.05, 3.63) is 65.5 Å². The first-order valence-corrected chi connectivity index (χ1v) is 13.8. The van der Waals surface area contributed by atoms with Crippen molar-refractivity contribution in [3.63, 3.8) is 0 Å². The third-order valence-electron chi connectivity index (χ3n) is 4.98. The summed E-state index contributed by atoms with van der Waals surface area (Å²) < 4.78 is 19.9. The number of alkyl carbamates (subject to hydrolysis) is 2. The highest BCUT2D eigenvalue weighted by Gasteiger charge is 2.18. The highest BCUT2D eigenvalue weighted by Crippen LogP contribution is 2.24. The zero-order chi connectivity index (χ0) is 32.0. The number of nitrogens with one attached hydrogen (secondary N) is 4. The number of rotatable bonds is 14. The van der Waals surface area contributed by atoms with Gasteiger partial charge in [0.25, 0.3) is 11.8 Å². The van der Waals surface area contributed by atoms with Crippen molar-refractivity contribution >= 4 is 41.3 Å². The minimum atomic E-state index is -0.830. The molecule has 0 fully saturated rings. The summed E-state index contributed by atoms with van der Waals surface area (Å²) in [7, 11) is 1.14. The molecule has 0 aliphatic carbocycles. The fourth-order valence-electron chi connectivity index (χ4n) is 2.98. The number of carbonyl (C=O) groups is 5. The van der Waals surface area contributed by atoms with Gasteiger partial charge in [-0.2, -0.15) is 0 Å². The molecule has 0 saturated heterocycles. The van der Waals surface area contributed by atoms with Gasteiger partial charge in [-0.1, -0.05) is 37.4 Å². The van der Waals surface area contributed by atoms with Gasteiger partial charge >= 0.3 is 18.2 Å². The molecule has 4 amide bonds. The number of aromatic nitrogens is 1. The lowest BCUT2D eigenvalue weighted by Crippen LogP contribution is -2.35. The van der Waals surface area contributed by atoms with Crippen LogP contribution in [0.3, 0.4) is 0 Å². The molecule has 232 valence electrons. The predicted octanol–water partition coefficient (Wildman–Crippen LogP) is 2.62. The maximum Gasteiger partial charge on any atom is 0.407 e. The molecule has 14 nitrogen and oxygen atoms in total. The van der Waals surface area contributed by atoms with E-state index in [1.165, 1.54) is 16.7 Å². The maximum atomic E-state index is 12.5. The summed E-state index contributed by atoms with van der Waals surface area (Å²) in [6.07, 6.45) is -1.14. The first kappa shape index (κ1) is 34.4. The van der Waals surface area contributed by atoms with Gasteiger partial charge in [-0.05, 0) is 26.3 Å². The summed E-state index contributed by atoms with van der Waals surface area (Å²) in [6, 6.07) is 7.15. The summed E-state index contributed by atoms with van der Waals surface area (Å²) in [4.78, 5) is 63.7. The van der Waals surface area contributed by atoms with Crippen molar-refractivity contribution in [3.8, 4) is 10.6 Å². The van der Waals surface area contributed by atoms with Crippen LogP contribution in [-0.4, -0.2) is 74.0 Å². The summed E-state index contributed by atoms with van der Waals surface area (Å²) in [6.45, 7) is 13.1. The number of nitrogens with zero attached hydrogens (tertiary/aromatic N) is 1. The Hall–Kier alpha value is -4.76. The fourth-order valence-corrected chi connectivity index (χ4v) is 3.79. The molecule has 43 heavy (non-hydrogen) atoms. The summed E-state index contributed by atoms with van der Waals surface area (Å²) in [5.41, 5.74) is 0.418. The van der Waals surface area contributed by atoms with Crippen LogP contribution in [0.1, 0.15) is 36.8 Å². The number of methoxy groups -OCH3 is 1.